The number of nitrogens with zero attached hydrogens (tertiary/aromatic N) is 6. The van der Waals surface area contributed by atoms with Crippen LogP contribution in [0.1, 0.15) is 25.1 Å². The van der Waals surface area contributed by atoms with Crippen LogP contribution in [0, 0.1) is 0 Å². The van der Waals surface area contributed by atoms with E-state index in [1.54, 1.807) is 42.6 Å². The molecule has 2 aromatic carbocycles. The number of hydrogen-bond acceptors (Lipinski definition) is 11. The van der Waals surface area contributed by atoms with Crippen molar-refractivity contribution in [1.29, 1.82) is 0 Å². The standard InChI is InChI=1S/C32H36N8O3S2/c1-4-39(5-2)27-17-22-18-33-32(36-24-13-11-23(12-14-24)35-25-15-16-38(3)19-25)37-29(22)40(31(27)41)20-28-30(34-21-44-28)45(42,43)26-9-7-6-8-10-26/h6-14,17-18,21,25,35H,4-5,15-16,19-20H2,1-3H3,(H,33,36,37). The van der Waals surface area contributed by atoms with Gasteiger partial charge < -0.3 is 20.4 Å². The molecule has 234 valence electrons. The minimum absolute atomic E-state index is 0.0102. The Morgan fingerprint density at radius 1 is 1.02 bits per heavy atom. The number of sulfone groups is 1. The fourth-order valence-corrected chi connectivity index (χ4v) is 8.13. The van der Waals surface area contributed by atoms with Crippen LogP contribution in [0.15, 0.2) is 87.1 Å². The number of rotatable bonds is 11. The van der Waals surface area contributed by atoms with Crippen molar-refractivity contribution in [2.24, 2.45) is 0 Å². The van der Waals surface area contributed by atoms with Crippen LogP contribution in [0.4, 0.5) is 23.0 Å². The molecule has 0 saturated carbocycles. The molecule has 45 heavy (non-hydrogen) atoms. The molecule has 0 amide bonds. The number of pyridine rings is 1. The van der Waals surface area contributed by atoms with Gasteiger partial charge in [0.05, 0.1) is 21.8 Å². The van der Waals surface area contributed by atoms with Gasteiger partial charge in [-0.3, -0.25) is 9.36 Å². The van der Waals surface area contributed by atoms with E-state index in [1.807, 2.05) is 43.0 Å². The first-order valence-electron chi connectivity index (χ1n) is 15.0. The molecule has 0 aliphatic carbocycles. The van der Waals surface area contributed by atoms with E-state index in [4.69, 9.17) is 4.98 Å². The summed E-state index contributed by atoms with van der Waals surface area (Å²) in [6.45, 7) is 7.34. The third kappa shape index (κ3) is 6.42. The Morgan fingerprint density at radius 3 is 2.44 bits per heavy atom. The Kier molecular flexibility index (Phi) is 8.83. The van der Waals surface area contributed by atoms with E-state index in [0.717, 1.165) is 30.9 Å². The Hall–Kier alpha value is -4.33. The van der Waals surface area contributed by atoms with E-state index in [9.17, 15) is 13.2 Å². The van der Waals surface area contributed by atoms with Crippen molar-refractivity contribution in [2.45, 2.75) is 42.8 Å². The largest absolute Gasteiger partial charge is 0.381 e. The van der Waals surface area contributed by atoms with Crippen molar-refractivity contribution in [1.82, 2.24) is 24.4 Å². The topological polar surface area (TPSA) is 125 Å². The highest BCUT2D eigenvalue weighted by Crippen LogP contribution is 2.28. The molecule has 1 aliphatic rings. The van der Waals surface area contributed by atoms with E-state index in [2.05, 4.69) is 32.5 Å². The quantitative estimate of drug-likeness (QED) is 0.207. The predicted molar refractivity (Wildman–Crippen MR) is 180 cm³/mol. The second kappa shape index (κ2) is 13.0. The van der Waals surface area contributed by atoms with Crippen LogP contribution in [0.2, 0.25) is 0 Å². The zero-order valence-electron chi connectivity index (χ0n) is 25.5. The summed E-state index contributed by atoms with van der Waals surface area (Å²) in [6, 6.07) is 18.4. The van der Waals surface area contributed by atoms with E-state index < -0.39 is 9.84 Å². The number of aromatic nitrogens is 4. The van der Waals surface area contributed by atoms with Crippen molar-refractivity contribution in [2.75, 3.05) is 48.8 Å². The highest BCUT2D eigenvalue weighted by molar-refractivity contribution is 7.91. The Labute approximate surface area is 266 Å². The predicted octanol–water partition coefficient (Wildman–Crippen LogP) is 4.83. The molecule has 0 spiro atoms. The molecule has 4 heterocycles. The van der Waals surface area contributed by atoms with Crippen LogP contribution in [0.3, 0.4) is 0 Å². The van der Waals surface area contributed by atoms with Gasteiger partial charge in [-0.05, 0) is 76.3 Å². The minimum atomic E-state index is -3.89. The number of benzene rings is 2. The fraction of sp³-hybridized carbons (Fsp3) is 0.312. The van der Waals surface area contributed by atoms with Gasteiger partial charge in [-0.1, -0.05) is 18.2 Å². The molecule has 5 aromatic rings. The van der Waals surface area contributed by atoms with Gasteiger partial charge in [0.2, 0.25) is 15.8 Å². The highest BCUT2D eigenvalue weighted by atomic mass is 32.2. The Balaban J connectivity index is 1.35. The van der Waals surface area contributed by atoms with E-state index in [1.165, 1.54) is 21.4 Å². The minimum Gasteiger partial charge on any atom is -0.381 e. The summed E-state index contributed by atoms with van der Waals surface area (Å²) in [6.07, 6.45) is 2.80. The van der Waals surface area contributed by atoms with Gasteiger partial charge in [-0.2, -0.15) is 4.98 Å². The molecule has 11 nitrogen and oxygen atoms in total. The summed E-state index contributed by atoms with van der Waals surface area (Å²) in [5, 5.41) is 7.45. The molecule has 0 radical (unpaired) electrons. The maximum absolute atomic E-state index is 14.0. The van der Waals surface area contributed by atoms with Crippen LogP contribution in [-0.4, -0.2) is 72.1 Å². The van der Waals surface area contributed by atoms with E-state index in [0.29, 0.717) is 46.7 Å². The summed E-state index contributed by atoms with van der Waals surface area (Å²) >= 11 is 1.20. The molecule has 13 heteroatoms. The SMILES string of the molecule is CCN(CC)c1cc2cnc(Nc3ccc(NC4CCN(C)C4)cc3)nc2n(Cc2scnc2S(=O)(=O)c2ccccc2)c1=O. The third-order valence-electron chi connectivity index (χ3n) is 8.03. The van der Waals surface area contributed by atoms with Crippen molar-refractivity contribution >= 4 is 55.2 Å². The van der Waals surface area contributed by atoms with Gasteiger partial charge in [0, 0.05) is 48.6 Å². The number of fused-ring (bicyclic) bond motifs is 1. The maximum atomic E-state index is 14.0. The molecule has 1 fully saturated rings. The Bertz CT molecular complexity index is 1960. The Morgan fingerprint density at radius 2 is 1.76 bits per heavy atom. The second-order valence-electron chi connectivity index (χ2n) is 11.1. The maximum Gasteiger partial charge on any atom is 0.276 e. The molecule has 3 aromatic heterocycles. The monoisotopic (exact) mass is 644 g/mol. The first kappa shape index (κ1) is 30.7. The average molecular weight is 645 g/mol. The van der Waals surface area contributed by atoms with Gasteiger partial charge in [0.15, 0.2) is 5.03 Å². The number of thiazole rings is 1. The lowest BCUT2D eigenvalue weighted by Crippen LogP contribution is -2.32. The number of nitrogens with one attached hydrogen (secondary N) is 2. The lowest BCUT2D eigenvalue weighted by atomic mass is 10.2. The molecule has 6 rings (SSSR count). The fourth-order valence-electron chi connectivity index (χ4n) is 5.65. The second-order valence-corrected chi connectivity index (χ2v) is 13.9. The molecular weight excluding hydrogens is 609 g/mol. The van der Waals surface area contributed by atoms with Crippen LogP contribution < -0.4 is 21.1 Å². The lowest BCUT2D eigenvalue weighted by Gasteiger charge is -2.22. The van der Waals surface area contributed by atoms with Crippen LogP contribution in [0.25, 0.3) is 11.0 Å². The van der Waals surface area contributed by atoms with Crippen molar-refractivity contribution < 1.29 is 8.42 Å². The summed E-state index contributed by atoms with van der Waals surface area (Å²) in [7, 11) is -1.76. The first-order valence-corrected chi connectivity index (χ1v) is 17.3. The molecule has 1 unspecified atom stereocenters. The van der Waals surface area contributed by atoms with Crippen molar-refractivity contribution in [3.8, 4) is 0 Å². The van der Waals surface area contributed by atoms with E-state index >= 15 is 0 Å². The van der Waals surface area contributed by atoms with Gasteiger partial charge in [-0.15, -0.1) is 11.3 Å². The molecular formula is C32H36N8O3S2. The number of likely N-dealkylation sites (N-methyl/N-ethyl adjacent to an activating group) is 1. The van der Waals surface area contributed by atoms with Gasteiger partial charge in [0.1, 0.15) is 11.3 Å². The number of likely N-dealkylation sites (tertiary alicyclic amines) is 1. The molecule has 1 atom stereocenters. The summed E-state index contributed by atoms with van der Waals surface area (Å²) in [5.74, 6) is 0.325. The van der Waals surface area contributed by atoms with Gasteiger partial charge >= 0.3 is 0 Å². The number of anilines is 4. The highest BCUT2D eigenvalue weighted by Gasteiger charge is 2.26. The van der Waals surface area contributed by atoms with Gasteiger partial charge in [-0.25, -0.2) is 18.4 Å². The lowest BCUT2D eigenvalue weighted by molar-refractivity contribution is 0.414. The van der Waals surface area contributed by atoms with E-state index in [-0.39, 0.29) is 22.0 Å². The first-order chi connectivity index (χ1) is 21.8. The van der Waals surface area contributed by atoms with Crippen LogP contribution >= 0.6 is 11.3 Å². The van der Waals surface area contributed by atoms with Crippen LogP contribution in [-0.2, 0) is 16.4 Å². The average Bonchev–Trinajstić information content (AvgIpc) is 3.70. The zero-order chi connectivity index (χ0) is 31.6. The summed E-state index contributed by atoms with van der Waals surface area (Å²) in [5.41, 5.74) is 3.98. The van der Waals surface area contributed by atoms with Crippen LogP contribution in [0.5, 0.6) is 0 Å². The number of hydrogen-bond donors (Lipinski definition) is 2. The van der Waals surface area contributed by atoms with Crippen molar-refractivity contribution in [3.63, 3.8) is 0 Å². The zero-order valence-corrected chi connectivity index (χ0v) is 27.1. The molecule has 0 bridgehead atoms. The normalized spacial score (nSPS) is 15.4. The van der Waals surface area contributed by atoms with Gasteiger partial charge in [0.25, 0.3) is 5.56 Å². The molecule has 1 aliphatic heterocycles. The van der Waals surface area contributed by atoms with Crippen molar-refractivity contribution in [3.05, 3.63) is 87.6 Å². The molecule has 1 saturated heterocycles. The molecule has 2 N–H and O–H groups in total. The smallest absolute Gasteiger partial charge is 0.276 e. The summed E-state index contributed by atoms with van der Waals surface area (Å²) < 4.78 is 28.6. The summed E-state index contributed by atoms with van der Waals surface area (Å²) in [4.78, 5) is 32.5. The third-order valence-corrected chi connectivity index (χ3v) is 10.7.